The number of carbonyl (C=O) groups is 1. The third-order valence-corrected chi connectivity index (χ3v) is 4.95. The minimum Gasteiger partial charge on any atom is -0.497 e. The summed E-state index contributed by atoms with van der Waals surface area (Å²) in [4.78, 5) is 37.3. The van der Waals surface area contributed by atoms with Crippen molar-refractivity contribution in [2.24, 2.45) is 4.99 Å². The molecule has 29 heavy (non-hydrogen) atoms. The Morgan fingerprint density at radius 3 is 2.41 bits per heavy atom. The van der Waals surface area contributed by atoms with Gasteiger partial charge in [-0.25, -0.2) is 0 Å². The third-order valence-electron chi connectivity index (χ3n) is 3.91. The lowest BCUT2D eigenvalue weighted by molar-refractivity contribution is -0.394. The maximum Gasteiger partial charge on any atom is 0.280 e. The van der Waals surface area contributed by atoms with E-state index in [4.69, 9.17) is 11.2 Å². The molecule has 0 unspecified atom stereocenters. The lowest BCUT2D eigenvalue weighted by Crippen LogP contribution is -2.16. The van der Waals surface area contributed by atoms with Gasteiger partial charge in [0.25, 0.3) is 17.3 Å². The van der Waals surface area contributed by atoms with Gasteiger partial charge in [0.15, 0.2) is 4.80 Å². The van der Waals surface area contributed by atoms with Gasteiger partial charge in [-0.15, -0.1) is 6.42 Å². The predicted molar refractivity (Wildman–Crippen MR) is 105 cm³/mol. The second-order valence-electron chi connectivity index (χ2n) is 5.68. The molecule has 1 aromatic heterocycles. The van der Waals surface area contributed by atoms with Crippen LogP contribution in [0.5, 0.6) is 5.75 Å². The quantitative estimate of drug-likeness (QED) is 0.360. The normalized spacial score (nSPS) is 11.2. The minimum atomic E-state index is -0.860. The molecular weight excluding hydrogens is 400 g/mol. The number of non-ortho nitro benzene ring substituents is 2. The molecule has 146 valence electrons. The average molecular weight is 412 g/mol. The number of carbonyl (C=O) groups excluding carboxylic acids is 1. The first-order chi connectivity index (χ1) is 13.8. The molecule has 0 bridgehead atoms. The number of nitrogens with zero attached hydrogens (tertiary/aromatic N) is 4. The van der Waals surface area contributed by atoms with Crippen LogP contribution in [0.2, 0.25) is 0 Å². The number of methoxy groups -OCH3 is 1. The summed E-state index contributed by atoms with van der Waals surface area (Å²) in [5.74, 6) is 2.23. The Kier molecular flexibility index (Phi) is 5.38. The second kappa shape index (κ2) is 7.91. The van der Waals surface area contributed by atoms with Crippen molar-refractivity contribution < 1.29 is 19.4 Å². The molecule has 0 aliphatic heterocycles. The number of nitro groups is 2. The summed E-state index contributed by atoms with van der Waals surface area (Å²) < 4.78 is 7.57. The maximum atomic E-state index is 12.6. The van der Waals surface area contributed by atoms with Crippen LogP contribution in [0.1, 0.15) is 10.4 Å². The van der Waals surface area contributed by atoms with Crippen molar-refractivity contribution in [1.82, 2.24) is 4.57 Å². The number of hydrogen-bond donors (Lipinski definition) is 0. The van der Waals surface area contributed by atoms with E-state index in [1.807, 2.05) is 0 Å². The molecule has 0 aliphatic rings. The van der Waals surface area contributed by atoms with E-state index in [0.29, 0.717) is 5.75 Å². The van der Waals surface area contributed by atoms with Gasteiger partial charge in [-0.2, -0.15) is 4.99 Å². The average Bonchev–Trinajstić information content (AvgIpc) is 3.03. The monoisotopic (exact) mass is 412 g/mol. The molecule has 0 radical (unpaired) electrons. The highest BCUT2D eigenvalue weighted by Crippen LogP contribution is 2.25. The summed E-state index contributed by atoms with van der Waals surface area (Å²) in [6, 6.07) is 7.93. The number of aromatic nitrogens is 1. The van der Waals surface area contributed by atoms with Crippen molar-refractivity contribution in [1.29, 1.82) is 0 Å². The smallest absolute Gasteiger partial charge is 0.280 e. The van der Waals surface area contributed by atoms with Crippen molar-refractivity contribution in [3.05, 3.63) is 67.0 Å². The van der Waals surface area contributed by atoms with Gasteiger partial charge in [0.1, 0.15) is 5.75 Å². The highest BCUT2D eigenvalue weighted by molar-refractivity contribution is 7.16. The molecule has 0 saturated carbocycles. The van der Waals surface area contributed by atoms with Crippen molar-refractivity contribution in [3.8, 4) is 18.1 Å². The summed E-state index contributed by atoms with van der Waals surface area (Å²) in [7, 11) is 1.52. The zero-order chi connectivity index (χ0) is 21.1. The van der Waals surface area contributed by atoms with Crippen LogP contribution in [-0.4, -0.2) is 27.4 Å². The molecule has 11 heteroatoms. The van der Waals surface area contributed by atoms with Crippen LogP contribution < -0.4 is 9.54 Å². The number of thiazole rings is 1. The number of fused-ring (bicyclic) bond motifs is 1. The summed E-state index contributed by atoms with van der Waals surface area (Å²) in [5, 5.41) is 22.1. The van der Waals surface area contributed by atoms with Gasteiger partial charge >= 0.3 is 0 Å². The molecule has 0 saturated heterocycles. The van der Waals surface area contributed by atoms with Crippen LogP contribution in [0.15, 0.2) is 41.4 Å². The highest BCUT2D eigenvalue weighted by Gasteiger charge is 2.20. The van der Waals surface area contributed by atoms with E-state index in [1.165, 1.54) is 18.4 Å². The number of rotatable bonds is 5. The minimum absolute atomic E-state index is 0.132. The van der Waals surface area contributed by atoms with E-state index in [9.17, 15) is 25.0 Å². The molecule has 3 aromatic rings. The topological polar surface area (TPSA) is 130 Å². The molecule has 10 nitrogen and oxygen atoms in total. The molecule has 0 spiro atoms. The van der Waals surface area contributed by atoms with Crippen LogP contribution in [0.3, 0.4) is 0 Å². The number of nitro benzene ring substituents is 2. The molecule has 0 atom stereocenters. The van der Waals surface area contributed by atoms with Crippen LogP contribution in [0, 0.1) is 32.6 Å². The fourth-order valence-electron chi connectivity index (χ4n) is 2.59. The van der Waals surface area contributed by atoms with Crippen molar-refractivity contribution in [3.63, 3.8) is 0 Å². The standard InChI is InChI=1S/C18H12N4O6S/c1-3-6-20-15-5-4-14(28-2)10-16(15)29-18(20)19-17(23)11-7-12(21(24)25)9-13(8-11)22(26)27/h1,4-5,7-10H,6H2,2H3. The summed E-state index contributed by atoms with van der Waals surface area (Å²) in [6.07, 6.45) is 5.42. The number of amides is 1. The van der Waals surface area contributed by atoms with Crippen LogP contribution in [0.25, 0.3) is 10.2 Å². The first-order valence-corrected chi connectivity index (χ1v) is 8.79. The zero-order valence-electron chi connectivity index (χ0n) is 14.9. The number of terminal acetylenes is 1. The lowest BCUT2D eigenvalue weighted by Gasteiger charge is -2.02. The Balaban J connectivity index is 2.17. The molecule has 3 rings (SSSR count). The van der Waals surface area contributed by atoms with E-state index in [-0.39, 0.29) is 16.9 Å². The fraction of sp³-hybridized carbons (Fsp3) is 0.111. The first kappa shape index (κ1) is 19.7. The Morgan fingerprint density at radius 2 is 1.86 bits per heavy atom. The van der Waals surface area contributed by atoms with E-state index < -0.39 is 27.1 Å². The van der Waals surface area contributed by atoms with Crippen molar-refractivity contribution in [2.75, 3.05) is 7.11 Å². The van der Waals surface area contributed by atoms with E-state index in [0.717, 1.165) is 28.4 Å². The molecule has 1 amide bonds. The van der Waals surface area contributed by atoms with Gasteiger partial charge in [0, 0.05) is 12.1 Å². The Bertz CT molecular complexity index is 1240. The van der Waals surface area contributed by atoms with Gasteiger partial charge in [-0.1, -0.05) is 17.3 Å². The molecular formula is C18H12N4O6S. The van der Waals surface area contributed by atoms with E-state index in [2.05, 4.69) is 10.9 Å². The highest BCUT2D eigenvalue weighted by atomic mass is 32.1. The number of hydrogen-bond acceptors (Lipinski definition) is 7. The van der Waals surface area contributed by atoms with E-state index >= 15 is 0 Å². The molecule has 0 N–H and O–H groups in total. The van der Waals surface area contributed by atoms with E-state index in [1.54, 1.807) is 22.8 Å². The predicted octanol–water partition coefficient (Wildman–Crippen LogP) is 2.90. The summed E-state index contributed by atoms with van der Waals surface area (Å²) in [5.41, 5.74) is -0.691. The Labute approximate surface area is 167 Å². The van der Waals surface area contributed by atoms with Gasteiger partial charge in [-0.05, 0) is 18.2 Å². The molecule has 2 aromatic carbocycles. The van der Waals surface area contributed by atoms with Crippen molar-refractivity contribution in [2.45, 2.75) is 6.54 Å². The SMILES string of the molecule is C#CCn1c(=NC(=O)c2cc([N+](=O)[O-])cc([N+](=O)[O-])c2)sc2cc(OC)ccc21. The largest absolute Gasteiger partial charge is 0.497 e. The zero-order valence-corrected chi connectivity index (χ0v) is 15.7. The number of ether oxygens (including phenoxy) is 1. The summed E-state index contributed by atoms with van der Waals surface area (Å²) in [6.45, 7) is 0.132. The van der Waals surface area contributed by atoms with Gasteiger partial charge < -0.3 is 9.30 Å². The Hall–Kier alpha value is -4.04. The second-order valence-corrected chi connectivity index (χ2v) is 6.69. The van der Waals surface area contributed by atoms with Gasteiger partial charge in [-0.3, -0.25) is 25.0 Å². The van der Waals surface area contributed by atoms with Crippen LogP contribution in [0.4, 0.5) is 11.4 Å². The molecule has 0 aliphatic carbocycles. The summed E-state index contributed by atoms with van der Waals surface area (Å²) >= 11 is 1.17. The molecule has 1 heterocycles. The first-order valence-electron chi connectivity index (χ1n) is 7.98. The lowest BCUT2D eigenvalue weighted by atomic mass is 10.1. The molecule has 0 fully saturated rings. The van der Waals surface area contributed by atoms with Gasteiger partial charge in [0.05, 0.1) is 45.3 Å². The maximum absolute atomic E-state index is 12.6. The van der Waals surface area contributed by atoms with Crippen molar-refractivity contribution >= 4 is 38.8 Å². The number of benzene rings is 2. The van der Waals surface area contributed by atoms with Crippen LogP contribution in [-0.2, 0) is 6.54 Å². The third kappa shape index (κ3) is 3.97. The van der Waals surface area contributed by atoms with Crippen LogP contribution >= 0.6 is 11.3 Å². The van der Waals surface area contributed by atoms with Gasteiger partial charge in [0.2, 0.25) is 0 Å². The Morgan fingerprint density at radius 1 is 1.21 bits per heavy atom. The fourth-order valence-corrected chi connectivity index (χ4v) is 3.65.